The molecule has 1 heterocycles. The molecule has 2 rings (SSSR count). The van der Waals surface area contributed by atoms with Crippen LogP contribution in [0.5, 0.6) is 11.5 Å². The number of carbonyl (C=O) groups is 2. The minimum absolute atomic E-state index is 0.103. The average Bonchev–Trinajstić information content (AvgIpc) is 2.83. The molecule has 1 aliphatic heterocycles. The van der Waals surface area contributed by atoms with Gasteiger partial charge in [0, 0.05) is 11.1 Å². The summed E-state index contributed by atoms with van der Waals surface area (Å²) in [7, 11) is 0. The number of esters is 1. The summed E-state index contributed by atoms with van der Waals surface area (Å²) < 4.78 is 15.8. The summed E-state index contributed by atoms with van der Waals surface area (Å²) in [5, 5.41) is 0. The van der Waals surface area contributed by atoms with Gasteiger partial charge in [0.15, 0.2) is 11.5 Å². The highest BCUT2D eigenvalue weighted by atomic mass is 79.9. The first kappa shape index (κ1) is 12.9. The number of ketones is 1. The zero-order valence-electron chi connectivity index (χ0n) is 9.91. The van der Waals surface area contributed by atoms with Gasteiger partial charge >= 0.3 is 5.97 Å². The number of hydrogen-bond acceptors (Lipinski definition) is 5. The first-order valence-corrected chi connectivity index (χ1v) is 6.15. The summed E-state index contributed by atoms with van der Waals surface area (Å²) in [6.07, 6.45) is 0. The molecular formula is C12H11BrO5. The summed E-state index contributed by atoms with van der Waals surface area (Å²) in [5.41, 5.74) is 0.827. The van der Waals surface area contributed by atoms with Crippen LogP contribution in [0.15, 0.2) is 10.5 Å². The van der Waals surface area contributed by atoms with E-state index in [2.05, 4.69) is 15.9 Å². The van der Waals surface area contributed by atoms with E-state index in [0.717, 1.165) is 0 Å². The number of carbonyl (C=O) groups excluding carboxylic acids is 2. The maximum absolute atomic E-state index is 11.9. The van der Waals surface area contributed by atoms with E-state index in [9.17, 15) is 9.59 Å². The van der Waals surface area contributed by atoms with E-state index in [0.29, 0.717) is 21.5 Å². The van der Waals surface area contributed by atoms with Crippen LogP contribution >= 0.6 is 15.9 Å². The predicted molar refractivity (Wildman–Crippen MR) is 66.0 cm³/mol. The Morgan fingerprint density at radius 1 is 1.39 bits per heavy atom. The molecule has 1 aliphatic rings. The van der Waals surface area contributed by atoms with Gasteiger partial charge in [-0.2, -0.15) is 0 Å². The lowest BCUT2D eigenvalue weighted by Crippen LogP contribution is -2.18. The van der Waals surface area contributed by atoms with E-state index in [4.69, 9.17) is 14.2 Å². The Bertz CT molecular complexity index is 524. The number of benzene rings is 1. The van der Waals surface area contributed by atoms with Crippen molar-refractivity contribution in [3.8, 4) is 11.5 Å². The molecule has 6 heteroatoms. The molecule has 0 N–H and O–H groups in total. The number of ether oxygens (including phenoxy) is 3. The standard InChI is InChI=1S/C12H11BrO5/c1-3-16-12(15)9(14)7-4-8(13)11-10(6(7)2)17-5-18-11/h4H,3,5H2,1-2H3. The summed E-state index contributed by atoms with van der Waals surface area (Å²) >= 11 is 3.28. The lowest BCUT2D eigenvalue weighted by Gasteiger charge is -2.08. The quantitative estimate of drug-likeness (QED) is 0.486. The fraction of sp³-hybridized carbons (Fsp3) is 0.333. The molecule has 0 atom stereocenters. The molecular weight excluding hydrogens is 304 g/mol. The van der Waals surface area contributed by atoms with Crippen molar-refractivity contribution in [2.45, 2.75) is 13.8 Å². The summed E-state index contributed by atoms with van der Waals surface area (Å²) in [5.74, 6) is -0.523. The van der Waals surface area contributed by atoms with Crippen LogP contribution in [0.2, 0.25) is 0 Å². The Hall–Kier alpha value is -1.56. The fourth-order valence-electron chi connectivity index (χ4n) is 1.70. The normalized spacial score (nSPS) is 12.4. The van der Waals surface area contributed by atoms with E-state index >= 15 is 0 Å². The lowest BCUT2D eigenvalue weighted by atomic mass is 10.0. The first-order chi connectivity index (χ1) is 8.56. The molecule has 0 radical (unpaired) electrons. The Morgan fingerprint density at radius 2 is 2.06 bits per heavy atom. The van der Waals surface area contributed by atoms with E-state index in [-0.39, 0.29) is 19.0 Å². The highest BCUT2D eigenvalue weighted by molar-refractivity contribution is 9.10. The zero-order chi connectivity index (χ0) is 13.3. The SMILES string of the molecule is CCOC(=O)C(=O)c1cc(Br)c2c(c1C)OCO2. The van der Waals surface area contributed by atoms with Gasteiger partial charge in [-0.1, -0.05) is 0 Å². The molecule has 0 aliphatic carbocycles. The Kier molecular flexibility index (Phi) is 3.56. The van der Waals surface area contributed by atoms with Gasteiger partial charge in [-0.3, -0.25) is 4.79 Å². The van der Waals surface area contributed by atoms with Gasteiger partial charge in [0.2, 0.25) is 6.79 Å². The smallest absolute Gasteiger partial charge is 0.379 e. The fourth-order valence-corrected chi connectivity index (χ4v) is 2.22. The van der Waals surface area contributed by atoms with E-state index < -0.39 is 11.8 Å². The third-order valence-electron chi connectivity index (χ3n) is 2.55. The van der Waals surface area contributed by atoms with Crippen molar-refractivity contribution >= 4 is 27.7 Å². The lowest BCUT2D eigenvalue weighted by molar-refractivity contribution is -0.137. The second kappa shape index (κ2) is 4.97. The molecule has 1 aromatic carbocycles. The van der Waals surface area contributed by atoms with Crippen molar-refractivity contribution in [1.82, 2.24) is 0 Å². The topological polar surface area (TPSA) is 61.8 Å². The third-order valence-corrected chi connectivity index (χ3v) is 3.14. The van der Waals surface area contributed by atoms with Crippen molar-refractivity contribution in [3.63, 3.8) is 0 Å². The second-order valence-corrected chi connectivity index (χ2v) is 4.50. The van der Waals surface area contributed by atoms with Crippen LogP contribution in [0.1, 0.15) is 22.8 Å². The molecule has 0 unspecified atom stereocenters. The van der Waals surface area contributed by atoms with Crippen molar-refractivity contribution in [1.29, 1.82) is 0 Å². The number of fused-ring (bicyclic) bond motifs is 1. The Morgan fingerprint density at radius 3 is 2.72 bits per heavy atom. The van der Waals surface area contributed by atoms with E-state index in [1.165, 1.54) is 0 Å². The maximum atomic E-state index is 11.9. The molecule has 0 aromatic heterocycles. The van der Waals surface area contributed by atoms with Crippen molar-refractivity contribution in [2.24, 2.45) is 0 Å². The zero-order valence-corrected chi connectivity index (χ0v) is 11.5. The largest absolute Gasteiger partial charge is 0.460 e. The molecule has 0 fully saturated rings. The molecule has 0 saturated carbocycles. The second-order valence-electron chi connectivity index (χ2n) is 3.65. The minimum Gasteiger partial charge on any atom is -0.460 e. The highest BCUT2D eigenvalue weighted by Gasteiger charge is 2.27. The van der Waals surface area contributed by atoms with Gasteiger partial charge in [-0.05, 0) is 35.8 Å². The Balaban J connectivity index is 2.44. The van der Waals surface area contributed by atoms with Crippen molar-refractivity contribution < 1.29 is 23.8 Å². The van der Waals surface area contributed by atoms with Crippen LogP contribution in [-0.2, 0) is 9.53 Å². The molecule has 0 saturated heterocycles. The van der Waals surface area contributed by atoms with Gasteiger partial charge in [-0.15, -0.1) is 0 Å². The summed E-state index contributed by atoms with van der Waals surface area (Å²) in [6.45, 7) is 3.61. The van der Waals surface area contributed by atoms with Gasteiger partial charge in [-0.25, -0.2) is 4.79 Å². The Labute approximate surface area is 112 Å². The van der Waals surface area contributed by atoms with Crippen molar-refractivity contribution in [3.05, 3.63) is 21.7 Å². The molecule has 0 bridgehead atoms. The van der Waals surface area contributed by atoms with Gasteiger partial charge in [0.1, 0.15) is 0 Å². The number of Topliss-reactive ketones (excluding diaryl/α,β-unsaturated/α-hetero) is 1. The number of rotatable bonds is 3. The van der Waals surface area contributed by atoms with Crippen LogP contribution in [0, 0.1) is 6.92 Å². The van der Waals surface area contributed by atoms with Crippen LogP contribution in [0.4, 0.5) is 0 Å². The van der Waals surface area contributed by atoms with Crippen LogP contribution in [-0.4, -0.2) is 25.2 Å². The molecule has 1 aromatic rings. The molecule has 0 amide bonds. The number of halogens is 1. The summed E-state index contributed by atoms with van der Waals surface area (Å²) in [6, 6.07) is 1.54. The first-order valence-electron chi connectivity index (χ1n) is 5.36. The predicted octanol–water partition coefficient (Wildman–Crippen LogP) is 2.23. The average molecular weight is 315 g/mol. The molecule has 18 heavy (non-hydrogen) atoms. The van der Waals surface area contributed by atoms with E-state index in [1.54, 1.807) is 19.9 Å². The molecule has 5 nitrogen and oxygen atoms in total. The summed E-state index contributed by atoms with van der Waals surface area (Å²) in [4.78, 5) is 23.4. The van der Waals surface area contributed by atoms with Crippen LogP contribution in [0.3, 0.4) is 0 Å². The number of hydrogen-bond donors (Lipinski definition) is 0. The molecule has 0 spiro atoms. The monoisotopic (exact) mass is 314 g/mol. The van der Waals surface area contributed by atoms with E-state index in [1.807, 2.05) is 0 Å². The van der Waals surface area contributed by atoms with Gasteiger partial charge < -0.3 is 14.2 Å². The molecule has 96 valence electrons. The van der Waals surface area contributed by atoms with Crippen molar-refractivity contribution in [2.75, 3.05) is 13.4 Å². The van der Waals surface area contributed by atoms with Gasteiger partial charge in [0.05, 0.1) is 11.1 Å². The highest BCUT2D eigenvalue weighted by Crippen LogP contribution is 2.43. The van der Waals surface area contributed by atoms with Gasteiger partial charge in [0.25, 0.3) is 5.78 Å². The minimum atomic E-state index is -0.869. The van der Waals surface area contributed by atoms with Crippen LogP contribution in [0.25, 0.3) is 0 Å². The maximum Gasteiger partial charge on any atom is 0.379 e. The third kappa shape index (κ3) is 2.08. The van der Waals surface area contributed by atoms with Crippen LogP contribution < -0.4 is 9.47 Å².